The summed E-state index contributed by atoms with van der Waals surface area (Å²) in [5.41, 5.74) is 4.32. The van der Waals surface area contributed by atoms with Crippen LogP contribution in [-0.2, 0) is 16.0 Å². The zero-order valence-corrected chi connectivity index (χ0v) is 12.3. The van der Waals surface area contributed by atoms with Gasteiger partial charge in [-0.05, 0) is 31.0 Å². The first-order chi connectivity index (χ1) is 9.73. The van der Waals surface area contributed by atoms with Crippen molar-refractivity contribution in [3.8, 4) is 0 Å². The van der Waals surface area contributed by atoms with Crippen LogP contribution in [0.5, 0.6) is 0 Å². The third kappa shape index (κ3) is 3.51. The second-order valence-electron chi connectivity index (χ2n) is 5.41. The van der Waals surface area contributed by atoms with Gasteiger partial charge in [-0.15, -0.1) is 0 Å². The second-order valence-corrected chi connectivity index (χ2v) is 7.61. The van der Waals surface area contributed by atoms with Gasteiger partial charge in [-0.3, -0.25) is 0 Å². The molecule has 1 aromatic rings. The summed E-state index contributed by atoms with van der Waals surface area (Å²) in [5.74, 6) is 0. The summed E-state index contributed by atoms with van der Waals surface area (Å²) in [7, 11) is -3.67. The van der Waals surface area contributed by atoms with E-state index in [1.807, 2.05) is 0 Å². The van der Waals surface area contributed by atoms with Gasteiger partial charge in [0, 0.05) is 0 Å². The van der Waals surface area contributed by atoms with Gasteiger partial charge in [0.05, 0.1) is 21.4 Å². The average Bonchev–Trinajstić information content (AvgIpc) is 2.66. The van der Waals surface area contributed by atoms with Crippen molar-refractivity contribution in [2.75, 3.05) is 5.73 Å². The van der Waals surface area contributed by atoms with E-state index < -0.39 is 26.8 Å². The number of nitrogen functional groups attached to an aromatic ring is 1. The zero-order valence-electron chi connectivity index (χ0n) is 11.5. The molecular formula is C14H18F3NO2S. The first kappa shape index (κ1) is 16.1. The highest BCUT2D eigenvalue weighted by atomic mass is 32.2. The maximum atomic E-state index is 12.6. The molecule has 3 nitrogen and oxygen atoms in total. The molecule has 0 heterocycles. The molecule has 0 spiro atoms. The van der Waals surface area contributed by atoms with E-state index in [4.69, 9.17) is 5.73 Å². The van der Waals surface area contributed by atoms with Crippen LogP contribution in [0.3, 0.4) is 0 Å². The lowest BCUT2D eigenvalue weighted by molar-refractivity contribution is -0.137. The average molecular weight is 321 g/mol. The fourth-order valence-corrected chi connectivity index (χ4v) is 4.67. The Morgan fingerprint density at radius 1 is 1.05 bits per heavy atom. The monoisotopic (exact) mass is 321 g/mol. The fourth-order valence-electron chi connectivity index (χ4n) is 2.72. The van der Waals surface area contributed by atoms with Crippen LogP contribution < -0.4 is 5.73 Å². The summed E-state index contributed by atoms with van der Waals surface area (Å²) in [5, 5.41) is -0.543. The predicted molar refractivity (Wildman–Crippen MR) is 74.5 cm³/mol. The van der Waals surface area contributed by atoms with Crippen molar-refractivity contribution < 1.29 is 21.6 Å². The molecule has 21 heavy (non-hydrogen) atoms. The number of halogens is 3. The van der Waals surface area contributed by atoms with Crippen LogP contribution in [0.15, 0.2) is 23.1 Å². The number of hydrogen-bond donors (Lipinski definition) is 1. The van der Waals surface area contributed by atoms with Crippen molar-refractivity contribution in [1.29, 1.82) is 0 Å². The highest BCUT2D eigenvalue weighted by Crippen LogP contribution is 2.35. The van der Waals surface area contributed by atoms with E-state index in [1.54, 1.807) is 0 Å². The molecule has 1 fully saturated rings. The van der Waals surface area contributed by atoms with Gasteiger partial charge in [0.2, 0.25) is 0 Å². The molecule has 7 heteroatoms. The van der Waals surface area contributed by atoms with Crippen molar-refractivity contribution in [1.82, 2.24) is 0 Å². The Morgan fingerprint density at radius 3 is 2.10 bits per heavy atom. The fraction of sp³-hybridized carbons (Fsp3) is 0.571. The highest BCUT2D eigenvalue weighted by Gasteiger charge is 2.34. The molecule has 1 aliphatic carbocycles. The first-order valence-corrected chi connectivity index (χ1v) is 8.48. The Balaban J connectivity index is 2.36. The number of nitrogens with two attached hydrogens (primary N) is 1. The van der Waals surface area contributed by atoms with Crippen molar-refractivity contribution in [2.45, 2.75) is 54.8 Å². The summed E-state index contributed by atoms with van der Waals surface area (Å²) in [6, 6.07) is 2.46. The lowest BCUT2D eigenvalue weighted by Crippen LogP contribution is -2.22. The van der Waals surface area contributed by atoms with Crippen LogP contribution in [0.4, 0.5) is 18.9 Å². The minimum atomic E-state index is -4.53. The first-order valence-electron chi connectivity index (χ1n) is 6.93. The normalized spacial score (nSPS) is 18.4. The molecule has 0 unspecified atom stereocenters. The Labute approximate surface area is 122 Å². The predicted octanol–water partition coefficient (Wildman–Crippen LogP) is 3.78. The lowest BCUT2D eigenvalue weighted by Gasteiger charge is -2.17. The lowest BCUT2D eigenvalue weighted by atomic mass is 10.2. The van der Waals surface area contributed by atoms with E-state index in [0.717, 1.165) is 37.8 Å². The van der Waals surface area contributed by atoms with Crippen LogP contribution in [0.1, 0.15) is 44.1 Å². The minimum Gasteiger partial charge on any atom is -0.398 e. The van der Waals surface area contributed by atoms with E-state index in [9.17, 15) is 21.6 Å². The second kappa shape index (κ2) is 5.87. The smallest absolute Gasteiger partial charge is 0.398 e. The van der Waals surface area contributed by atoms with E-state index in [2.05, 4.69) is 0 Å². The van der Waals surface area contributed by atoms with Gasteiger partial charge < -0.3 is 5.73 Å². The molecule has 0 aromatic heterocycles. The van der Waals surface area contributed by atoms with Crippen molar-refractivity contribution in [2.24, 2.45) is 0 Å². The van der Waals surface area contributed by atoms with Crippen molar-refractivity contribution in [3.05, 3.63) is 23.8 Å². The number of alkyl halides is 3. The third-order valence-electron chi connectivity index (χ3n) is 3.88. The molecule has 118 valence electrons. The van der Waals surface area contributed by atoms with Gasteiger partial charge in [-0.2, -0.15) is 13.2 Å². The Hall–Kier alpha value is -1.24. The largest absolute Gasteiger partial charge is 0.416 e. The van der Waals surface area contributed by atoms with Crippen LogP contribution >= 0.6 is 0 Å². The van der Waals surface area contributed by atoms with E-state index in [0.29, 0.717) is 18.9 Å². The zero-order chi connectivity index (χ0) is 15.7. The van der Waals surface area contributed by atoms with E-state index in [-0.39, 0.29) is 10.6 Å². The third-order valence-corrected chi connectivity index (χ3v) is 6.22. The minimum absolute atomic E-state index is 0.178. The van der Waals surface area contributed by atoms with Gasteiger partial charge in [-0.25, -0.2) is 8.42 Å². The maximum absolute atomic E-state index is 12.6. The molecule has 0 saturated heterocycles. The molecule has 0 bridgehead atoms. The van der Waals surface area contributed by atoms with Gasteiger partial charge in [0.25, 0.3) is 0 Å². The Kier molecular flexibility index (Phi) is 4.51. The van der Waals surface area contributed by atoms with Crippen molar-refractivity contribution >= 4 is 15.5 Å². The van der Waals surface area contributed by atoms with Crippen LogP contribution in [0.2, 0.25) is 0 Å². The summed E-state index contributed by atoms with van der Waals surface area (Å²) in [6.45, 7) is 0. The Morgan fingerprint density at radius 2 is 1.62 bits per heavy atom. The number of anilines is 1. The molecular weight excluding hydrogens is 303 g/mol. The quantitative estimate of drug-likeness (QED) is 0.666. The highest BCUT2D eigenvalue weighted by molar-refractivity contribution is 7.92. The molecule has 0 atom stereocenters. The summed E-state index contributed by atoms with van der Waals surface area (Å²) < 4.78 is 62.9. The summed E-state index contributed by atoms with van der Waals surface area (Å²) >= 11 is 0. The van der Waals surface area contributed by atoms with Crippen LogP contribution in [0, 0.1) is 0 Å². The summed E-state index contributed by atoms with van der Waals surface area (Å²) in [6.07, 6.45) is 0.197. The summed E-state index contributed by atoms with van der Waals surface area (Å²) in [4.78, 5) is -0.178. The van der Waals surface area contributed by atoms with Crippen LogP contribution in [0.25, 0.3) is 0 Å². The number of benzene rings is 1. The standard InChI is InChI=1S/C14H18F3NO2S/c15-14(16,17)10-7-8-13(12(18)9-10)21(19,20)11-5-3-1-2-4-6-11/h7-9,11H,1-6,18H2. The Bertz CT molecular complexity index is 603. The van der Waals surface area contributed by atoms with Gasteiger partial charge in [0.1, 0.15) is 0 Å². The van der Waals surface area contributed by atoms with Crippen molar-refractivity contribution in [3.63, 3.8) is 0 Å². The number of sulfone groups is 1. The molecule has 0 amide bonds. The molecule has 1 aromatic carbocycles. The number of rotatable bonds is 2. The molecule has 0 aliphatic heterocycles. The molecule has 2 N–H and O–H groups in total. The van der Waals surface area contributed by atoms with Gasteiger partial charge in [-0.1, -0.05) is 25.7 Å². The van der Waals surface area contributed by atoms with Gasteiger partial charge >= 0.3 is 6.18 Å². The SMILES string of the molecule is Nc1cc(C(F)(F)F)ccc1S(=O)(=O)C1CCCCCC1. The van der Waals surface area contributed by atoms with Crippen LogP contribution in [-0.4, -0.2) is 13.7 Å². The topological polar surface area (TPSA) is 60.2 Å². The molecule has 0 radical (unpaired) electrons. The molecule has 1 aliphatic rings. The molecule has 2 rings (SSSR count). The number of hydrogen-bond acceptors (Lipinski definition) is 3. The van der Waals surface area contributed by atoms with E-state index >= 15 is 0 Å². The molecule has 1 saturated carbocycles. The van der Waals surface area contributed by atoms with E-state index in [1.165, 1.54) is 0 Å². The maximum Gasteiger partial charge on any atom is 0.416 e. The van der Waals surface area contributed by atoms with Gasteiger partial charge in [0.15, 0.2) is 9.84 Å².